The molecule has 1 aliphatic rings. The lowest BCUT2D eigenvalue weighted by molar-refractivity contribution is -0.0652. The number of aliphatic hydroxyl groups is 1. The van der Waals surface area contributed by atoms with E-state index in [-0.39, 0.29) is 13.1 Å². The van der Waals surface area contributed by atoms with E-state index in [1.54, 1.807) is 12.1 Å². The van der Waals surface area contributed by atoms with Gasteiger partial charge in [0, 0.05) is 13.1 Å². The molecule has 0 spiro atoms. The summed E-state index contributed by atoms with van der Waals surface area (Å²) >= 11 is 4.44. The van der Waals surface area contributed by atoms with E-state index in [9.17, 15) is 13.5 Å². The zero-order valence-corrected chi connectivity index (χ0v) is 12.6. The molecule has 7 heteroatoms. The van der Waals surface area contributed by atoms with Crippen LogP contribution in [0.4, 0.5) is 0 Å². The third-order valence-corrected chi connectivity index (χ3v) is 6.68. The van der Waals surface area contributed by atoms with Gasteiger partial charge in [0.15, 0.2) is 0 Å². The molecule has 0 amide bonds. The van der Waals surface area contributed by atoms with Crippen molar-refractivity contribution in [2.45, 2.75) is 29.6 Å². The molecule has 0 bridgehead atoms. The normalized spacial score (nSPS) is 20.2. The third-order valence-electron chi connectivity index (χ3n) is 2.80. The Morgan fingerprint density at radius 3 is 2.65 bits per heavy atom. The summed E-state index contributed by atoms with van der Waals surface area (Å²) in [5, 5.41) is 9.98. The maximum atomic E-state index is 12.1. The molecule has 1 saturated heterocycles. The van der Waals surface area contributed by atoms with Gasteiger partial charge in [-0.25, -0.2) is 8.42 Å². The second-order valence-electron chi connectivity index (χ2n) is 4.31. The summed E-state index contributed by atoms with van der Waals surface area (Å²) in [6.07, 6.45) is 1.50. The van der Waals surface area contributed by atoms with E-state index in [0.29, 0.717) is 10.6 Å². The molecule has 0 unspecified atom stereocenters. The highest BCUT2D eigenvalue weighted by molar-refractivity contribution is 9.11. The molecule has 0 atom stereocenters. The van der Waals surface area contributed by atoms with Crippen LogP contribution in [0, 0.1) is 0 Å². The summed E-state index contributed by atoms with van der Waals surface area (Å²) in [5.74, 6) is 0. The first kappa shape index (κ1) is 13.5. The molecule has 17 heavy (non-hydrogen) atoms. The van der Waals surface area contributed by atoms with E-state index in [1.807, 2.05) is 6.92 Å². The highest BCUT2D eigenvalue weighted by atomic mass is 79.9. The standard InChI is InChI=1S/C10H14BrNO3S2/c1-2-5-10(13)6-12(7-10)17(14,15)9-4-3-8(11)16-9/h3-4,13H,2,5-7H2,1H3. The molecule has 0 aromatic carbocycles. The summed E-state index contributed by atoms with van der Waals surface area (Å²) < 4.78 is 26.7. The summed E-state index contributed by atoms with van der Waals surface area (Å²) in [5.41, 5.74) is -0.823. The SMILES string of the molecule is CCCC1(O)CN(S(=O)(=O)c2ccc(Br)s2)C1. The number of hydrogen-bond acceptors (Lipinski definition) is 4. The van der Waals surface area contributed by atoms with Crippen LogP contribution in [0.25, 0.3) is 0 Å². The predicted octanol–water partition coefficient (Wildman–Crippen LogP) is 2.05. The fourth-order valence-electron chi connectivity index (χ4n) is 1.97. The number of rotatable bonds is 4. The van der Waals surface area contributed by atoms with Crippen molar-refractivity contribution in [1.29, 1.82) is 0 Å². The number of nitrogens with zero attached hydrogens (tertiary/aromatic N) is 1. The molecule has 1 aliphatic heterocycles. The smallest absolute Gasteiger partial charge is 0.252 e. The van der Waals surface area contributed by atoms with Crippen LogP contribution in [0.15, 0.2) is 20.1 Å². The van der Waals surface area contributed by atoms with Gasteiger partial charge in [-0.15, -0.1) is 11.3 Å². The predicted molar refractivity (Wildman–Crippen MR) is 70.6 cm³/mol. The Hall–Kier alpha value is 0.0500. The monoisotopic (exact) mass is 339 g/mol. The van der Waals surface area contributed by atoms with Gasteiger partial charge >= 0.3 is 0 Å². The fourth-order valence-corrected chi connectivity index (χ4v) is 5.73. The van der Waals surface area contributed by atoms with Crippen LogP contribution < -0.4 is 0 Å². The van der Waals surface area contributed by atoms with Gasteiger partial charge in [0.1, 0.15) is 4.21 Å². The number of thiophene rings is 1. The Bertz CT molecular complexity index is 505. The van der Waals surface area contributed by atoms with Crippen molar-refractivity contribution in [3.05, 3.63) is 15.9 Å². The molecule has 1 aromatic heterocycles. The van der Waals surface area contributed by atoms with Crippen molar-refractivity contribution in [2.75, 3.05) is 13.1 Å². The Morgan fingerprint density at radius 2 is 2.18 bits per heavy atom. The van der Waals surface area contributed by atoms with Crippen molar-refractivity contribution >= 4 is 37.3 Å². The number of halogens is 1. The third kappa shape index (κ3) is 2.58. The fraction of sp³-hybridized carbons (Fsp3) is 0.600. The molecular formula is C10H14BrNO3S2. The zero-order chi connectivity index (χ0) is 12.7. The summed E-state index contributed by atoms with van der Waals surface area (Å²) in [7, 11) is -3.41. The van der Waals surface area contributed by atoms with Gasteiger partial charge < -0.3 is 5.11 Å². The first-order valence-corrected chi connectivity index (χ1v) is 8.40. The maximum Gasteiger partial charge on any atom is 0.252 e. The van der Waals surface area contributed by atoms with Crippen LogP contribution in [0.3, 0.4) is 0 Å². The Kier molecular flexibility index (Phi) is 3.66. The average molecular weight is 340 g/mol. The molecule has 1 N–H and O–H groups in total. The molecule has 4 nitrogen and oxygen atoms in total. The lowest BCUT2D eigenvalue weighted by Crippen LogP contribution is -2.63. The van der Waals surface area contributed by atoms with Gasteiger partial charge in [-0.2, -0.15) is 4.31 Å². The minimum absolute atomic E-state index is 0.207. The van der Waals surface area contributed by atoms with Gasteiger partial charge in [0.2, 0.25) is 0 Å². The van der Waals surface area contributed by atoms with Crippen molar-refractivity contribution < 1.29 is 13.5 Å². The van der Waals surface area contributed by atoms with E-state index < -0.39 is 15.6 Å². The van der Waals surface area contributed by atoms with Gasteiger partial charge in [0.25, 0.3) is 10.0 Å². The van der Waals surface area contributed by atoms with Crippen LogP contribution in [0.5, 0.6) is 0 Å². The van der Waals surface area contributed by atoms with Crippen molar-refractivity contribution in [3.8, 4) is 0 Å². The number of hydrogen-bond donors (Lipinski definition) is 1. The molecule has 0 aliphatic carbocycles. The Morgan fingerprint density at radius 1 is 1.53 bits per heavy atom. The highest BCUT2D eigenvalue weighted by Gasteiger charge is 2.46. The quantitative estimate of drug-likeness (QED) is 0.913. The molecule has 96 valence electrons. The second-order valence-corrected chi connectivity index (χ2v) is 8.93. The van der Waals surface area contributed by atoms with E-state index >= 15 is 0 Å². The van der Waals surface area contributed by atoms with Crippen LogP contribution >= 0.6 is 27.3 Å². The largest absolute Gasteiger partial charge is 0.387 e. The first-order chi connectivity index (χ1) is 7.87. The number of β-amino-alcohol motifs (C(OH)–C–C–N with tert-alkyl or cyclic N) is 1. The van der Waals surface area contributed by atoms with Crippen molar-refractivity contribution in [1.82, 2.24) is 4.31 Å². The minimum Gasteiger partial charge on any atom is -0.387 e. The van der Waals surface area contributed by atoms with Crippen LogP contribution in [0.2, 0.25) is 0 Å². The topological polar surface area (TPSA) is 57.6 Å². The van der Waals surface area contributed by atoms with Crippen LogP contribution in [-0.4, -0.2) is 36.5 Å². The summed E-state index contributed by atoms with van der Waals surface area (Å²) in [4.78, 5) is 0. The van der Waals surface area contributed by atoms with E-state index in [1.165, 1.54) is 15.6 Å². The number of sulfonamides is 1. The maximum absolute atomic E-state index is 12.1. The molecular weight excluding hydrogens is 326 g/mol. The minimum atomic E-state index is -3.41. The van der Waals surface area contributed by atoms with Crippen molar-refractivity contribution in [3.63, 3.8) is 0 Å². The Balaban J connectivity index is 2.11. The lowest BCUT2D eigenvalue weighted by atomic mass is 9.92. The van der Waals surface area contributed by atoms with E-state index in [0.717, 1.165) is 10.2 Å². The highest BCUT2D eigenvalue weighted by Crippen LogP contribution is 2.34. The van der Waals surface area contributed by atoms with Crippen molar-refractivity contribution in [2.24, 2.45) is 0 Å². The van der Waals surface area contributed by atoms with Gasteiger partial charge in [-0.05, 0) is 34.5 Å². The van der Waals surface area contributed by atoms with Gasteiger partial charge in [0.05, 0.1) is 9.39 Å². The summed E-state index contributed by atoms with van der Waals surface area (Å²) in [6, 6.07) is 3.30. The van der Waals surface area contributed by atoms with Crippen LogP contribution in [-0.2, 0) is 10.0 Å². The van der Waals surface area contributed by atoms with E-state index in [4.69, 9.17) is 0 Å². The molecule has 2 heterocycles. The zero-order valence-electron chi connectivity index (χ0n) is 9.39. The molecule has 1 fully saturated rings. The first-order valence-electron chi connectivity index (χ1n) is 5.35. The lowest BCUT2D eigenvalue weighted by Gasteiger charge is -2.45. The molecule has 0 saturated carbocycles. The Labute approximate surface area is 113 Å². The average Bonchev–Trinajstić information content (AvgIpc) is 2.62. The summed E-state index contributed by atoms with van der Waals surface area (Å²) in [6.45, 7) is 2.39. The second kappa shape index (κ2) is 4.62. The molecule has 0 radical (unpaired) electrons. The molecule has 2 rings (SSSR count). The van der Waals surface area contributed by atoms with Gasteiger partial charge in [-0.1, -0.05) is 13.3 Å². The van der Waals surface area contributed by atoms with Crippen LogP contribution in [0.1, 0.15) is 19.8 Å². The van der Waals surface area contributed by atoms with Gasteiger partial charge in [-0.3, -0.25) is 0 Å². The van der Waals surface area contributed by atoms with E-state index in [2.05, 4.69) is 15.9 Å². The molecule has 1 aromatic rings.